The van der Waals surface area contributed by atoms with E-state index in [9.17, 15) is 0 Å². The molecular weight excluding hydrogens is 232 g/mol. The lowest BCUT2D eigenvalue weighted by atomic mass is 10.0. The highest BCUT2D eigenvalue weighted by Gasteiger charge is 2.26. The van der Waals surface area contributed by atoms with Crippen LogP contribution in [0.5, 0.6) is 0 Å². The molecule has 1 saturated heterocycles. The van der Waals surface area contributed by atoms with Crippen molar-refractivity contribution in [1.29, 1.82) is 0 Å². The summed E-state index contributed by atoms with van der Waals surface area (Å²) in [5, 5.41) is 2.06. The first-order valence-corrected chi connectivity index (χ1v) is 6.55. The zero-order valence-electron chi connectivity index (χ0n) is 9.41. The van der Waals surface area contributed by atoms with E-state index in [2.05, 4.69) is 32.4 Å². The molecule has 88 valence electrons. The highest BCUT2D eigenvalue weighted by atomic mass is 32.1. The van der Waals surface area contributed by atoms with Crippen molar-refractivity contribution in [3.63, 3.8) is 0 Å². The number of rotatable bonds is 3. The lowest BCUT2D eigenvalue weighted by Gasteiger charge is -2.39. The van der Waals surface area contributed by atoms with Gasteiger partial charge in [-0.1, -0.05) is 6.07 Å². The minimum Gasteiger partial charge on any atom is -0.356 e. The van der Waals surface area contributed by atoms with Crippen LogP contribution in [0.15, 0.2) is 29.9 Å². The number of thiophene rings is 1. The molecule has 0 aromatic carbocycles. The van der Waals surface area contributed by atoms with Gasteiger partial charge in [-0.3, -0.25) is 0 Å². The Hall–Kier alpha value is -1.46. The summed E-state index contributed by atoms with van der Waals surface area (Å²) >= 11 is 1.70. The van der Waals surface area contributed by atoms with Crippen LogP contribution in [0.1, 0.15) is 0 Å². The molecule has 0 bridgehead atoms. The van der Waals surface area contributed by atoms with E-state index >= 15 is 0 Å². The van der Waals surface area contributed by atoms with Gasteiger partial charge in [-0.2, -0.15) is 0 Å². The van der Waals surface area contributed by atoms with Crippen molar-refractivity contribution in [2.24, 2.45) is 11.7 Å². The van der Waals surface area contributed by atoms with E-state index in [1.165, 1.54) is 4.88 Å². The lowest BCUT2D eigenvalue weighted by Crippen LogP contribution is -2.50. The van der Waals surface area contributed by atoms with E-state index in [-0.39, 0.29) is 0 Å². The molecule has 0 unspecified atom stereocenters. The fraction of sp³-hybridized carbons (Fsp3) is 0.333. The summed E-state index contributed by atoms with van der Waals surface area (Å²) in [6.45, 7) is 2.79. The molecule has 1 aliphatic heterocycles. The first-order valence-electron chi connectivity index (χ1n) is 5.68. The van der Waals surface area contributed by atoms with Gasteiger partial charge in [-0.15, -0.1) is 11.3 Å². The molecule has 4 nitrogen and oxygen atoms in total. The van der Waals surface area contributed by atoms with Crippen LogP contribution in [0.25, 0.3) is 10.6 Å². The zero-order chi connectivity index (χ0) is 11.7. The molecule has 0 saturated carbocycles. The largest absolute Gasteiger partial charge is 0.356 e. The number of anilines is 1. The van der Waals surface area contributed by atoms with Crippen molar-refractivity contribution in [1.82, 2.24) is 9.97 Å². The highest BCUT2D eigenvalue weighted by Crippen LogP contribution is 2.27. The van der Waals surface area contributed by atoms with Crippen molar-refractivity contribution in [3.05, 3.63) is 29.9 Å². The Morgan fingerprint density at radius 3 is 3.00 bits per heavy atom. The first-order chi connectivity index (χ1) is 8.36. The van der Waals surface area contributed by atoms with Crippen molar-refractivity contribution < 1.29 is 0 Å². The molecule has 1 fully saturated rings. The van der Waals surface area contributed by atoms with Crippen LogP contribution in [0.4, 0.5) is 5.82 Å². The average molecular weight is 246 g/mol. The molecule has 17 heavy (non-hydrogen) atoms. The van der Waals surface area contributed by atoms with Crippen LogP contribution in [0, 0.1) is 5.92 Å². The number of nitrogens with zero attached hydrogens (tertiary/aromatic N) is 3. The Morgan fingerprint density at radius 1 is 1.41 bits per heavy atom. The van der Waals surface area contributed by atoms with Crippen molar-refractivity contribution in [3.8, 4) is 10.6 Å². The first kappa shape index (κ1) is 10.7. The van der Waals surface area contributed by atoms with E-state index in [0.29, 0.717) is 5.92 Å². The Bertz CT molecular complexity index is 491. The van der Waals surface area contributed by atoms with E-state index in [0.717, 1.165) is 31.1 Å². The van der Waals surface area contributed by atoms with E-state index in [1.807, 2.05) is 6.07 Å². The molecule has 0 amide bonds. The van der Waals surface area contributed by atoms with Gasteiger partial charge in [0.05, 0.1) is 10.6 Å². The average Bonchev–Trinajstić information content (AvgIpc) is 2.81. The fourth-order valence-electron chi connectivity index (χ4n) is 1.99. The predicted octanol–water partition coefficient (Wildman–Crippen LogP) is 1.60. The summed E-state index contributed by atoms with van der Waals surface area (Å²) in [5.74, 6) is 1.63. The van der Waals surface area contributed by atoms with Crippen molar-refractivity contribution >= 4 is 17.2 Å². The monoisotopic (exact) mass is 246 g/mol. The maximum atomic E-state index is 5.62. The molecule has 2 aromatic heterocycles. The van der Waals surface area contributed by atoms with Crippen LogP contribution in [-0.2, 0) is 0 Å². The molecule has 3 rings (SSSR count). The van der Waals surface area contributed by atoms with Gasteiger partial charge in [0.2, 0.25) is 0 Å². The summed E-state index contributed by atoms with van der Waals surface area (Å²) in [5.41, 5.74) is 6.62. The summed E-state index contributed by atoms with van der Waals surface area (Å²) in [6, 6.07) is 6.17. The Labute approximate surface area is 104 Å². The molecule has 2 aromatic rings. The Morgan fingerprint density at radius 2 is 2.29 bits per heavy atom. The molecule has 0 spiro atoms. The summed E-state index contributed by atoms with van der Waals surface area (Å²) in [4.78, 5) is 12.1. The van der Waals surface area contributed by atoms with Crippen LogP contribution in [-0.4, -0.2) is 29.6 Å². The second-order valence-electron chi connectivity index (χ2n) is 4.25. The maximum absolute atomic E-state index is 5.62. The summed E-state index contributed by atoms with van der Waals surface area (Å²) in [6.07, 6.45) is 1.64. The molecule has 2 N–H and O–H groups in total. The van der Waals surface area contributed by atoms with Gasteiger partial charge < -0.3 is 10.6 Å². The minimum atomic E-state index is 0.621. The smallest absolute Gasteiger partial charge is 0.132 e. The third-order valence-electron chi connectivity index (χ3n) is 3.04. The van der Waals surface area contributed by atoms with E-state index < -0.39 is 0 Å². The molecule has 3 heterocycles. The number of hydrogen-bond acceptors (Lipinski definition) is 5. The Kier molecular flexibility index (Phi) is 2.78. The summed E-state index contributed by atoms with van der Waals surface area (Å²) < 4.78 is 0. The van der Waals surface area contributed by atoms with E-state index in [1.54, 1.807) is 17.7 Å². The van der Waals surface area contributed by atoms with E-state index in [4.69, 9.17) is 5.73 Å². The van der Waals surface area contributed by atoms with Gasteiger partial charge in [-0.05, 0) is 18.0 Å². The normalized spacial score (nSPS) is 15.9. The topological polar surface area (TPSA) is 55.0 Å². The molecule has 5 heteroatoms. The molecule has 0 aliphatic carbocycles. The van der Waals surface area contributed by atoms with Crippen LogP contribution < -0.4 is 10.6 Å². The van der Waals surface area contributed by atoms with Gasteiger partial charge in [0.25, 0.3) is 0 Å². The minimum absolute atomic E-state index is 0.621. The molecule has 0 radical (unpaired) electrons. The molecular formula is C12H14N4S. The highest BCUT2D eigenvalue weighted by molar-refractivity contribution is 7.13. The quantitative estimate of drug-likeness (QED) is 0.893. The second-order valence-corrected chi connectivity index (χ2v) is 5.19. The number of aromatic nitrogens is 2. The third-order valence-corrected chi connectivity index (χ3v) is 3.93. The predicted molar refractivity (Wildman–Crippen MR) is 70.1 cm³/mol. The van der Waals surface area contributed by atoms with Crippen molar-refractivity contribution in [2.75, 3.05) is 24.5 Å². The van der Waals surface area contributed by atoms with Gasteiger partial charge in [0.1, 0.15) is 12.1 Å². The SMILES string of the molecule is NCC1CN(c2cc(-c3cccs3)ncn2)C1. The van der Waals surface area contributed by atoms with Gasteiger partial charge >= 0.3 is 0 Å². The molecule has 1 aliphatic rings. The maximum Gasteiger partial charge on any atom is 0.132 e. The fourth-order valence-corrected chi connectivity index (χ4v) is 2.68. The lowest BCUT2D eigenvalue weighted by molar-refractivity contribution is 0.417. The zero-order valence-corrected chi connectivity index (χ0v) is 10.2. The number of nitrogens with two attached hydrogens (primary N) is 1. The van der Waals surface area contributed by atoms with Crippen LogP contribution in [0.2, 0.25) is 0 Å². The Balaban J connectivity index is 1.81. The van der Waals surface area contributed by atoms with Gasteiger partial charge in [-0.25, -0.2) is 9.97 Å². The second kappa shape index (κ2) is 4.43. The third kappa shape index (κ3) is 2.03. The number of hydrogen-bond donors (Lipinski definition) is 1. The summed E-state index contributed by atoms with van der Waals surface area (Å²) in [7, 11) is 0. The van der Waals surface area contributed by atoms with Gasteiger partial charge in [0, 0.05) is 25.1 Å². The standard InChI is InChI=1S/C12H14N4S/c13-5-9-6-16(7-9)12-4-10(14-8-15-12)11-2-1-3-17-11/h1-4,8-9H,5-7,13H2. The molecule has 0 atom stereocenters. The van der Waals surface area contributed by atoms with Crippen molar-refractivity contribution in [2.45, 2.75) is 0 Å². The van der Waals surface area contributed by atoms with Crippen LogP contribution >= 0.6 is 11.3 Å². The van der Waals surface area contributed by atoms with Gasteiger partial charge in [0.15, 0.2) is 0 Å². The van der Waals surface area contributed by atoms with Crippen LogP contribution in [0.3, 0.4) is 0 Å².